The van der Waals surface area contributed by atoms with Gasteiger partial charge in [0.15, 0.2) is 14.2 Å². The molecule has 33 heavy (non-hydrogen) atoms. The molecule has 1 heterocycles. The summed E-state index contributed by atoms with van der Waals surface area (Å²) in [6.07, 6.45) is -0.135. The summed E-state index contributed by atoms with van der Waals surface area (Å²) in [4.78, 5) is 39.1. The molecule has 0 bridgehead atoms. The maximum absolute atomic E-state index is 13.0. The molecule has 2 atom stereocenters. The molecule has 184 valence electrons. The molecule has 0 radical (unpaired) electrons. The van der Waals surface area contributed by atoms with E-state index in [9.17, 15) is 14.4 Å². The lowest BCUT2D eigenvalue weighted by Crippen LogP contribution is -2.45. The molecule has 1 aliphatic heterocycles. The van der Waals surface area contributed by atoms with E-state index in [0.29, 0.717) is 13.0 Å². The molecule has 9 heteroatoms. The van der Waals surface area contributed by atoms with Crippen LogP contribution in [0.25, 0.3) is 0 Å². The Kier molecular flexibility index (Phi) is 9.08. The number of ether oxygens (including phenoxy) is 3. The molecule has 1 saturated heterocycles. The predicted octanol–water partition coefficient (Wildman–Crippen LogP) is 4.14. The van der Waals surface area contributed by atoms with Gasteiger partial charge >= 0.3 is 18.0 Å². The number of likely N-dealkylation sites (tertiary alicyclic amines) is 1. The third-order valence-corrected chi connectivity index (χ3v) is 11.1. The second kappa shape index (κ2) is 11.2. The Balaban J connectivity index is 2.20. The minimum Gasteiger partial charge on any atom is -0.468 e. The first-order chi connectivity index (χ1) is 15.4. The van der Waals surface area contributed by atoms with Crippen LogP contribution in [0, 0.1) is 5.92 Å². The monoisotopic (exact) mass is 479 g/mol. The molecule has 0 unspecified atom stereocenters. The predicted molar refractivity (Wildman–Crippen MR) is 126 cm³/mol. The number of amides is 1. The first kappa shape index (κ1) is 26.9. The fourth-order valence-corrected chi connectivity index (χ4v) is 5.00. The molecule has 1 aromatic carbocycles. The van der Waals surface area contributed by atoms with Crippen molar-refractivity contribution in [2.45, 2.75) is 70.5 Å². The van der Waals surface area contributed by atoms with Gasteiger partial charge in [0.25, 0.3) is 0 Å². The lowest BCUT2D eigenvalue weighted by molar-refractivity contribution is -0.159. The Hall–Kier alpha value is -2.39. The van der Waals surface area contributed by atoms with Crippen molar-refractivity contribution in [1.29, 1.82) is 0 Å². The topological polar surface area (TPSA) is 91.4 Å². The van der Waals surface area contributed by atoms with E-state index in [2.05, 4.69) is 33.9 Å². The highest BCUT2D eigenvalue weighted by Gasteiger charge is 2.46. The fraction of sp³-hybridized carbons (Fsp3) is 0.625. The smallest absolute Gasteiger partial charge is 0.410 e. The first-order valence-corrected chi connectivity index (χ1v) is 14.1. The molecule has 0 N–H and O–H groups in total. The Bertz CT molecular complexity index is 806. The van der Waals surface area contributed by atoms with E-state index in [1.807, 2.05) is 30.3 Å². The van der Waals surface area contributed by atoms with Crippen molar-refractivity contribution in [2.24, 2.45) is 5.92 Å². The Morgan fingerprint density at radius 2 is 1.64 bits per heavy atom. The Morgan fingerprint density at radius 3 is 2.15 bits per heavy atom. The van der Waals surface area contributed by atoms with Crippen molar-refractivity contribution in [3.63, 3.8) is 0 Å². The van der Waals surface area contributed by atoms with Crippen LogP contribution in [0.15, 0.2) is 30.3 Å². The van der Waals surface area contributed by atoms with Crippen molar-refractivity contribution < 1.29 is 33.0 Å². The summed E-state index contributed by atoms with van der Waals surface area (Å²) >= 11 is 0. The number of benzene rings is 1. The SMILES string of the molecule is COC(=O)C(C[C@@H]1C[C@@H](O[Si](C)(C)C(C)(C)C)CN1C(=O)OCc1ccccc1)C(=O)OC. The van der Waals surface area contributed by atoms with Gasteiger partial charge in [-0.1, -0.05) is 51.1 Å². The van der Waals surface area contributed by atoms with Crippen molar-refractivity contribution in [1.82, 2.24) is 4.90 Å². The highest BCUT2D eigenvalue weighted by atomic mass is 28.4. The average molecular weight is 480 g/mol. The van der Waals surface area contributed by atoms with Gasteiger partial charge in [-0.15, -0.1) is 0 Å². The largest absolute Gasteiger partial charge is 0.468 e. The van der Waals surface area contributed by atoms with E-state index in [0.717, 1.165) is 5.56 Å². The van der Waals surface area contributed by atoms with Gasteiger partial charge in [-0.05, 0) is 36.5 Å². The van der Waals surface area contributed by atoms with Gasteiger partial charge in [0.1, 0.15) is 6.61 Å². The molecule has 1 fully saturated rings. The molecular formula is C24H37NO7Si. The molecule has 2 rings (SSSR count). The van der Waals surface area contributed by atoms with Crippen molar-refractivity contribution in [3.05, 3.63) is 35.9 Å². The summed E-state index contributed by atoms with van der Waals surface area (Å²) in [6, 6.07) is 8.98. The molecule has 0 spiro atoms. The van der Waals surface area contributed by atoms with Crippen LogP contribution < -0.4 is 0 Å². The van der Waals surface area contributed by atoms with Gasteiger partial charge in [0, 0.05) is 12.6 Å². The van der Waals surface area contributed by atoms with Crippen LogP contribution in [0.1, 0.15) is 39.2 Å². The Labute approximate surface area is 197 Å². The van der Waals surface area contributed by atoms with E-state index in [1.54, 1.807) is 4.90 Å². The van der Waals surface area contributed by atoms with Crippen LogP contribution >= 0.6 is 0 Å². The van der Waals surface area contributed by atoms with Crippen LogP contribution in [0.3, 0.4) is 0 Å². The fourth-order valence-electron chi connectivity index (χ4n) is 3.65. The molecular weight excluding hydrogens is 442 g/mol. The third kappa shape index (κ3) is 7.04. The molecule has 8 nitrogen and oxygen atoms in total. The standard InChI is InChI=1S/C24H37NO7Si/c1-24(2,3)33(6,7)32-19-13-18(14-20(21(26)29-4)22(27)30-5)25(15-19)23(28)31-16-17-11-9-8-10-12-17/h8-12,18-20H,13-16H2,1-7H3/t18-,19+/m0/s1. The number of nitrogens with zero attached hydrogens (tertiary/aromatic N) is 1. The van der Waals surface area contributed by atoms with Crippen LogP contribution in [0.4, 0.5) is 4.79 Å². The van der Waals surface area contributed by atoms with Gasteiger partial charge in [-0.3, -0.25) is 9.59 Å². The van der Waals surface area contributed by atoms with Crippen LogP contribution in [0.5, 0.6) is 0 Å². The zero-order valence-corrected chi connectivity index (χ0v) is 21.8. The number of carbonyl (C=O) groups is 3. The van der Waals surface area contributed by atoms with Gasteiger partial charge in [0.2, 0.25) is 0 Å². The zero-order valence-electron chi connectivity index (χ0n) is 20.8. The average Bonchev–Trinajstić information content (AvgIpc) is 3.16. The minimum absolute atomic E-state index is 0.00427. The summed E-state index contributed by atoms with van der Waals surface area (Å²) in [5, 5.41) is 0.00427. The number of hydrogen-bond donors (Lipinski definition) is 0. The third-order valence-electron chi connectivity index (χ3n) is 6.56. The second-order valence-electron chi connectivity index (χ2n) is 9.92. The van der Waals surface area contributed by atoms with Crippen molar-refractivity contribution in [3.8, 4) is 0 Å². The number of esters is 2. The molecule has 1 aromatic rings. The number of carbonyl (C=O) groups excluding carboxylic acids is 3. The van der Waals surface area contributed by atoms with E-state index >= 15 is 0 Å². The van der Waals surface area contributed by atoms with E-state index < -0.39 is 38.3 Å². The van der Waals surface area contributed by atoms with E-state index in [1.165, 1.54) is 14.2 Å². The molecule has 1 amide bonds. The van der Waals surface area contributed by atoms with Crippen LogP contribution in [0.2, 0.25) is 18.1 Å². The summed E-state index contributed by atoms with van der Waals surface area (Å²) in [7, 11) is 0.354. The van der Waals surface area contributed by atoms with Gasteiger partial charge in [-0.25, -0.2) is 4.79 Å². The van der Waals surface area contributed by atoms with Gasteiger partial charge in [-0.2, -0.15) is 0 Å². The molecule has 0 aliphatic carbocycles. The maximum atomic E-state index is 13.0. The van der Waals surface area contributed by atoms with Crippen molar-refractivity contribution >= 4 is 26.3 Å². The number of rotatable bonds is 8. The summed E-state index contributed by atoms with van der Waals surface area (Å²) in [6.45, 7) is 11.2. The number of hydrogen-bond acceptors (Lipinski definition) is 7. The van der Waals surface area contributed by atoms with Gasteiger partial charge < -0.3 is 23.5 Å². The molecule has 0 saturated carbocycles. The maximum Gasteiger partial charge on any atom is 0.410 e. The number of methoxy groups -OCH3 is 2. The van der Waals surface area contributed by atoms with E-state index in [-0.39, 0.29) is 24.2 Å². The summed E-state index contributed by atoms with van der Waals surface area (Å²) < 4.78 is 21.7. The van der Waals surface area contributed by atoms with E-state index in [4.69, 9.17) is 18.6 Å². The van der Waals surface area contributed by atoms with Crippen molar-refractivity contribution in [2.75, 3.05) is 20.8 Å². The highest BCUT2D eigenvalue weighted by molar-refractivity contribution is 6.74. The lowest BCUT2D eigenvalue weighted by Gasteiger charge is -2.38. The quantitative estimate of drug-likeness (QED) is 0.239. The summed E-state index contributed by atoms with van der Waals surface area (Å²) in [5.74, 6) is -2.50. The highest BCUT2D eigenvalue weighted by Crippen LogP contribution is 2.39. The van der Waals surface area contributed by atoms with Crippen LogP contribution in [-0.4, -0.2) is 64.2 Å². The van der Waals surface area contributed by atoms with Gasteiger partial charge in [0.05, 0.1) is 20.3 Å². The Morgan fingerprint density at radius 1 is 1.06 bits per heavy atom. The molecule has 0 aromatic heterocycles. The summed E-state index contributed by atoms with van der Waals surface area (Å²) in [5.41, 5.74) is 0.873. The first-order valence-electron chi connectivity index (χ1n) is 11.2. The lowest BCUT2D eigenvalue weighted by atomic mass is 9.98. The normalized spacial score (nSPS) is 18.8. The zero-order chi connectivity index (χ0) is 24.8. The second-order valence-corrected chi connectivity index (χ2v) is 14.7. The molecule has 1 aliphatic rings. The van der Waals surface area contributed by atoms with Crippen LogP contribution in [-0.2, 0) is 34.8 Å². The minimum atomic E-state index is -2.09.